The predicted molar refractivity (Wildman–Crippen MR) is 95.4 cm³/mol. The van der Waals surface area contributed by atoms with E-state index in [9.17, 15) is 14.9 Å². The van der Waals surface area contributed by atoms with Gasteiger partial charge in [0.2, 0.25) is 0 Å². The van der Waals surface area contributed by atoms with E-state index < -0.39 is 10.8 Å². The van der Waals surface area contributed by atoms with Crippen LogP contribution in [0.25, 0.3) is 10.2 Å². The average molecular weight is 382 g/mol. The number of hydrogen-bond donors (Lipinski definition) is 1. The molecule has 3 aromatic rings. The highest BCUT2D eigenvalue weighted by atomic mass is 35.5. The fourth-order valence-electron chi connectivity index (χ4n) is 2.17. The second kappa shape index (κ2) is 6.35. The van der Waals surface area contributed by atoms with Gasteiger partial charge in [0.15, 0.2) is 5.13 Å². The zero-order valence-electron chi connectivity index (χ0n) is 12.2. The van der Waals surface area contributed by atoms with Gasteiger partial charge in [0.25, 0.3) is 11.6 Å². The van der Waals surface area contributed by atoms with Gasteiger partial charge in [-0.2, -0.15) is 0 Å². The summed E-state index contributed by atoms with van der Waals surface area (Å²) in [6, 6.07) is 7.37. The lowest BCUT2D eigenvalue weighted by atomic mass is 10.1. The van der Waals surface area contributed by atoms with Crippen LogP contribution in [-0.4, -0.2) is 15.8 Å². The van der Waals surface area contributed by atoms with Gasteiger partial charge < -0.3 is 0 Å². The second-order valence-electron chi connectivity index (χ2n) is 4.91. The summed E-state index contributed by atoms with van der Waals surface area (Å²) in [6.07, 6.45) is 0. The Balaban J connectivity index is 1.97. The minimum absolute atomic E-state index is 0.124. The first kappa shape index (κ1) is 16.6. The molecule has 2 aromatic carbocycles. The Kier molecular flexibility index (Phi) is 4.40. The number of aryl methyl sites for hydroxylation is 1. The maximum Gasteiger partial charge on any atom is 0.282 e. The Labute approximate surface area is 150 Å². The van der Waals surface area contributed by atoms with E-state index in [0.29, 0.717) is 15.7 Å². The summed E-state index contributed by atoms with van der Waals surface area (Å²) in [5, 5.41) is 14.8. The Hall–Kier alpha value is -2.22. The highest BCUT2D eigenvalue weighted by Gasteiger charge is 2.21. The molecule has 0 saturated carbocycles. The number of thiazole rings is 1. The van der Waals surface area contributed by atoms with Crippen LogP contribution in [0, 0.1) is 17.0 Å². The molecule has 1 aromatic heterocycles. The molecular weight excluding hydrogens is 373 g/mol. The number of carbonyl (C=O) groups is 1. The SMILES string of the molecule is Cc1c(Cl)ccc2sc(NC(=O)c3cc(Cl)ccc3[N+](=O)[O-])nc12. The van der Waals surface area contributed by atoms with Crippen LogP contribution >= 0.6 is 34.5 Å². The Bertz CT molecular complexity index is 987. The first-order chi connectivity index (χ1) is 11.4. The van der Waals surface area contributed by atoms with Gasteiger partial charge >= 0.3 is 0 Å². The zero-order chi connectivity index (χ0) is 17.4. The maximum absolute atomic E-state index is 12.4. The minimum atomic E-state index is -0.646. The molecular formula is C15H9Cl2N3O3S. The van der Waals surface area contributed by atoms with Crippen LogP contribution < -0.4 is 5.32 Å². The average Bonchev–Trinajstić information content (AvgIpc) is 2.94. The molecule has 6 nitrogen and oxygen atoms in total. The molecule has 1 heterocycles. The molecule has 0 atom stereocenters. The highest BCUT2D eigenvalue weighted by molar-refractivity contribution is 7.22. The first-order valence-corrected chi connectivity index (χ1v) is 8.25. The van der Waals surface area contributed by atoms with E-state index in [0.717, 1.165) is 10.3 Å². The smallest absolute Gasteiger partial charge is 0.282 e. The van der Waals surface area contributed by atoms with Gasteiger partial charge in [0.05, 0.1) is 15.1 Å². The van der Waals surface area contributed by atoms with Crippen LogP contribution in [0.3, 0.4) is 0 Å². The van der Waals surface area contributed by atoms with Crippen LogP contribution in [0.5, 0.6) is 0 Å². The number of benzene rings is 2. The van der Waals surface area contributed by atoms with Crippen LogP contribution in [0.1, 0.15) is 15.9 Å². The molecule has 0 aliphatic heterocycles. The van der Waals surface area contributed by atoms with Crippen molar-refractivity contribution < 1.29 is 9.72 Å². The molecule has 0 aliphatic rings. The van der Waals surface area contributed by atoms with E-state index >= 15 is 0 Å². The fourth-order valence-corrected chi connectivity index (χ4v) is 3.41. The van der Waals surface area contributed by atoms with E-state index in [2.05, 4.69) is 10.3 Å². The monoisotopic (exact) mass is 381 g/mol. The summed E-state index contributed by atoms with van der Waals surface area (Å²) in [7, 11) is 0. The van der Waals surface area contributed by atoms with E-state index in [1.54, 1.807) is 12.1 Å². The number of hydrogen-bond acceptors (Lipinski definition) is 5. The molecule has 0 bridgehead atoms. The molecule has 24 heavy (non-hydrogen) atoms. The quantitative estimate of drug-likeness (QED) is 0.506. The number of halogens is 2. The molecule has 0 fully saturated rings. The fraction of sp³-hybridized carbons (Fsp3) is 0.0667. The van der Waals surface area contributed by atoms with Crippen LogP contribution in [0.4, 0.5) is 10.8 Å². The molecule has 0 unspecified atom stereocenters. The summed E-state index contributed by atoms with van der Waals surface area (Å²) in [5.74, 6) is -0.646. The van der Waals surface area contributed by atoms with Gasteiger partial charge in [-0.05, 0) is 36.8 Å². The third-order valence-electron chi connectivity index (χ3n) is 3.37. The molecule has 0 spiro atoms. The zero-order valence-corrected chi connectivity index (χ0v) is 14.5. The largest absolute Gasteiger partial charge is 0.298 e. The van der Waals surface area contributed by atoms with Crippen LogP contribution in [-0.2, 0) is 0 Å². The Morgan fingerprint density at radius 3 is 2.75 bits per heavy atom. The highest BCUT2D eigenvalue weighted by Crippen LogP contribution is 2.32. The minimum Gasteiger partial charge on any atom is -0.298 e. The summed E-state index contributed by atoms with van der Waals surface area (Å²) < 4.78 is 0.854. The van der Waals surface area contributed by atoms with Crippen LogP contribution in [0.15, 0.2) is 30.3 Å². The number of nitro benzene ring substituents is 1. The van der Waals surface area contributed by atoms with Crippen molar-refractivity contribution in [1.82, 2.24) is 4.98 Å². The molecule has 1 amide bonds. The van der Waals surface area contributed by atoms with Crippen molar-refractivity contribution in [3.05, 3.63) is 61.6 Å². The number of nitrogens with one attached hydrogen (secondary N) is 1. The topological polar surface area (TPSA) is 85.1 Å². The molecule has 9 heteroatoms. The van der Waals surface area contributed by atoms with Crippen molar-refractivity contribution in [1.29, 1.82) is 0 Å². The van der Waals surface area contributed by atoms with Crippen molar-refractivity contribution in [2.45, 2.75) is 6.92 Å². The van der Waals surface area contributed by atoms with Crippen molar-refractivity contribution >= 4 is 61.5 Å². The van der Waals surface area contributed by atoms with Crippen molar-refractivity contribution in [3.8, 4) is 0 Å². The van der Waals surface area contributed by atoms with Gasteiger partial charge in [-0.3, -0.25) is 20.2 Å². The Morgan fingerprint density at radius 1 is 1.29 bits per heavy atom. The van der Waals surface area contributed by atoms with E-state index in [1.807, 2.05) is 6.92 Å². The van der Waals surface area contributed by atoms with Gasteiger partial charge in [0, 0.05) is 16.1 Å². The number of nitrogens with zero attached hydrogens (tertiary/aromatic N) is 2. The molecule has 1 N–H and O–H groups in total. The predicted octanol–water partition coefficient (Wildman–Crippen LogP) is 5.07. The molecule has 122 valence electrons. The van der Waals surface area contributed by atoms with Gasteiger partial charge in [-0.15, -0.1) is 0 Å². The summed E-state index contributed by atoms with van der Waals surface area (Å²) in [5.41, 5.74) is 1.04. The number of anilines is 1. The lowest BCUT2D eigenvalue weighted by Crippen LogP contribution is -2.13. The summed E-state index contributed by atoms with van der Waals surface area (Å²) in [6.45, 7) is 1.83. The lowest BCUT2D eigenvalue weighted by Gasteiger charge is -2.03. The van der Waals surface area contributed by atoms with Gasteiger partial charge in [0.1, 0.15) is 5.56 Å². The Morgan fingerprint density at radius 2 is 2.04 bits per heavy atom. The summed E-state index contributed by atoms with van der Waals surface area (Å²) in [4.78, 5) is 27.2. The lowest BCUT2D eigenvalue weighted by molar-refractivity contribution is -0.385. The third kappa shape index (κ3) is 3.06. The number of fused-ring (bicyclic) bond motifs is 1. The molecule has 0 radical (unpaired) electrons. The molecule has 0 aliphatic carbocycles. The normalized spacial score (nSPS) is 10.8. The standard InChI is InChI=1S/C15H9Cl2N3O3S/c1-7-10(17)3-5-12-13(7)18-15(24-12)19-14(21)9-6-8(16)2-4-11(9)20(22)23/h2-6H,1H3,(H,18,19,21). The summed E-state index contributed by atoms with van der Waals surface area (Å²) >= 11 is 13.2. The van der Waals surface area contributed by atoms with Gasteiger partial charge in [-0.1, -0.05) is 34.5 Å². The van der Waals surface area contributed by atoms with Crippen LogP contribution in [0.2, 0.25) is 10.0 Å². The van der Waals surface area contributed by atoms with E-state index in [-0.39, 0.29) is 16.3 Å². The van der Waals surface area contributed by atoms with Crippen molar-refractivity contribution in [2.24, 2.45) is 0 Å². The number of rotatable bonds is 3. The van der Waals surface area contributed by atoms with E-state index in [4.69, 9.17) is 23.2 Å². The molecule has 3 rings (SSSR count). The van der Waals surface area contributed by atoms with E-state index in [1.165, 1.54) is 29.5 Å². The third-order valence-corrected chi connectivity index (χ3v) is 4.95. The molecule has 0 saturated heterocycles. The number of carbonyl (C=O) groups excluding carboxylic acids is 1. The van der Waals surface area contributed by atoms with Crippen molar-refractivity contribution in [2.75, 3.05) is 5.32 Å². The second-order valence-corrected chi connectivity index (χ2v) is 6.79. The maximum atomic E-state index is 12.4. The van der Waals surface area contributed by atoms with Gasteiger partial charge in [-0.25, -0.2) is 4.98 Å². The number of amides is 1. The number of nitro groups is 1. The first-order valence-electron chi connectivity index (χ1n) is 6.68. The number of aromatic nitrogens is 1. The van der Waals surface area contributed by atoms with Crippen molar-refractivity contribution in [3.63, 3.8) is 0 Å².